The zero-order valence-electron chi connectivity index (χ0n) is 13.6. The lowest BCUT2D eigenvalue weighted by Crippen LogP contribution is -2.24. The number of nitrogens with one attached hydrogen (secondary N) is 2. The summed E-state index contributed by atoms with van der Waals surface area (Å²) in [5, 5.41) is 3.08. The van der Waals surface area contributed by atoms with Crippen LogP contribution in [0.3, 0.4) is 0 Å². The second-order valence-electron chi connectivity index (χ2n) is 6.22. The van der Waals surface area contributed by atoms with Crippen molar-refractivity contribution < 1.29 is 4.79 Å². The molecule has 1 aliphatic rings. The van der Waals surface area contributed by atoms with E-state index in [1.165, 1.54) is 12.4 Å². The molecular weight excluding hydrogens is 320 g/mol. The van der Waals surface area contributed by atoms with Crippen molar-refractivity contribution in [3.05, 3.63) is 68.6 Å². The van der Waals surface area contributed by atoms with Gasteiger partial charge in [0, 0.05) is 24.0 Å². The third kappa shape index (κ3) is 2.73. The topological polar surface area (TPSA) is 96.8 Å². The second kappa shape index (κ2) is 5.70. The molecule has 126 valence electrons. The number of nitrogens with zero attached hydrogens (tertiary/aromatic N) is 2. The number of fused-ring (bicyclic) bond motifs is 1. The van der Waals surface area contributed by atoms with Gasteiger partial charge in [-0.25, -0.2) is 4.98 Å². The number of benzene rings is 1. The Morgan fingerprint density at radius 2 is 2.12 bits per heavy atom. The van der Waals surface area contributed by atoms with Gasteiger partial charge in [0.15, 0.2) is 5.43 Å². The molecule has 0 atom stereocenters. The zero-order valence-corrected chi connectivity index (χ0v) is 13.6. The SMILES string of the molecule is Cc1cc(=O)c(C(=O)Nc2cccc3c(=O)[nH]cnc23)cn1C1CC1. The highest BCUT2D eigenvalue weighted by atomic mass is 16.2. The van der Waals surface area contributed by atoms with Crippen molar-refractivity contribution in [2.24, 2.45) is 0 Å². The van der Waals surface area contributed by atoms with E-state index in [0.29, 0.717) is 22.6 Å². The Morgan fingerprint density at radius 3 is 2.88 bits per heavy atom. The molecule has 0 radical (unpaired) electrons. The average Bonchev–Trinajstić information content (AvgIpc) is 3.40. The van der Waals surface area contributed by atoms with Crippen LogP contribution in [0.4, 0.5) is 5.69 Å². The normalized spacial score (nSPS) is 13.8. The number of hydrogen-bond donors (Lipinski definition) is 2. The number of aromatic amines is 1. The van der Waals surface area contributed by atoms with Gasteiger partial charge in [0.2, 0.25) is 0 Å². The Morgan fingerprint density at radius 1 is 1.32 bits per heavy atom. The minimum Gasteiger partial charge on any atom is -0.348 e. The summed E-state index contributed by atoms with van der Waals surface area (Å²) >= 11 is 0. The van der Waals surface area contributed by atoms with E-state index in [2.05, 4.69) is 15.3 Å². The number of H-pyrrole nitrogens is 1. The largest absolute Gasteiger partial charge is 0.348 e. The van der Waals surface area contributed by atoms with Crippen molar-refractivity contribution in [3.8, 4) is 0 Å². The minimum atomic E-state index is -0.506. The molecule has 4 rings (SSSR count). The van der Waals surface area contributed by atoms with Gasteiger partial charge in [0.05, 0.1) is 17.4 Å². The number of carbonyl (C=O) groups is 1. The number of pyridine rings is 1. The van der Waals surface area contributed by atoms with E-state index in [9.17, 15) is 14.4 Å². The molecular formula is C18H16N4O3. The van der Waals surface area contributed by atoms with Crippen molar-refractivity contribution >= 4 is 22.5 Å². The van der Waals surface area contributed by atoms with E-state index >= 15 is 0 Å². The predicted octanol–water partition coefficient (Wildman–Crippen LogP) is 1.98. The summed E-state index contributed by atoms with van der Waals surface area (Å²) in [7, 11) is 0. The summed E-state index contributed by atoms with van der Waals surface area (Å²) in [5.74, 6) is -0.506. The van der Waals surface area contributed by atoms with Crippen molar-refractivity contribution in [2.75, 3.05) is 5.32 Å². The number of aryl methyl sites for hydroxylation is 1. The lowest BCUT2D eigenvalue weighted by atomic mass is 10.2. The van der Waals surface area contributed by atoms with Crippen LogP contribution in [-0.4, -0.2) is 20.4 Å². The summed E-state index contributed by atoms with van der Waals surface area (Å²) in [6.45, 7) is 1.86. The monoisotopic (exact) mass is 336 g/mol. The van der Waals surface area contributed by atoms with Gasteiger partial charge >= 0.3 is 0 Å². The van der Waals surface area contributed by atoms with Crippen LogP contribution in [-0.2, 0) is 0 Å². The summed E-state index contributed by atoms with van der Waals surface area (Å²) in [6, 6.07) is 6.79. The van der Waals surface area contributed by atoms with Gasteiger partial charge in [-0.3, -0.25) is 14.4 Å². The fraction of sp³-hybridized carbons (Fsp3) is 0.222. The molecule has 0 aliphatic heterocycles. The Hall–Kier alpha value is -3.22. The summed E-state index contributed by atoms with van der Waals surface area (Å²) in [6.07, 6.45) is 5.02. The van der Waals surface area contributed by atoms with Crippen molar-refractivity contribution in [3.63, 3.8) is 0 Å². The fourth-order valence-corrected chi connectivity index (χ4v) is 2.95. The van der Waals surface area contributed by atoms with Gasteiger partial charge in [-0.2, -0.15) is 0 Å². The lowest BCUT2D eigenvalue weighted by molar-refractivity contribution is 0.102. The summed E-state index contributed by atoms with van der Waals surface area (Å²) in [5.41, 5.74) is 1.10. The average molecular weight is 336 g/mol. The molecule has 3 aromatic rings. The number of amides is 1. The van der Waals surface area contributed by atoms with Crippen LogP contribution in [0.1, 0.15) is 34.9 Å². The van der Waals surface area contributed by atoms with E-state index in [4.69, 9.17) is 0 Å². The van der Waals surface area contributed by atoms with Gasteiger partial charge in [-0.1, -0.05) is 6.07 Å². The van der Waals surface area contributed by atoms with Crippen LogP contribution in [0.5, 0.6) is 0 Å². The van der Waals surface area contributed by atoms with Gasteiger partial charge in [-0.15, -0.1) is 0 Å². The third-order valence-electron chi connectivity index (χ3n) is 4.38. The number of aromatic nitrogens is 3. The Bertz CT molecular complexity index is 1110. The predicted molar refractivity (Wildman–Crippen MR) is 94.0 cm³/mol. The van der Waals surface area contributed by atoms with Crippen LogP contribution < -0.4 is 16.3 Å². The molecule has 1 aromatic carbocycles. The third-order valence-corrected chi connectivity index (χ3v) is 4.38. The minimum absolute atomic E-state index is 0.0827. The molecule has 7 nitrogen and oxygen atoms in total. The van der Waals surface area contributed by atoms with Crippen LogP contribution in [0.15, 0.2) is 46.4 Å². The standard InChI is InChI=1S/C18H16N4O3/c1-10-7-15(23)13(8-22(10)11-5-6-11)18(25)21-14-4-2-3-12-16(14)19-9-20-17(12)24/h2-4,7-9,11H,5-6H2,1H3,(H,21,25)(H,19,20,24). The Kier molecular flexibility index (Phi) is 3.49. The number of rotatable bonds is 3. The first-order valence-electron chi connectivity index (χ1n) is 8.05. The first-order chi connectivity index (χ1) is 12.0. The first kappa shape index (κ1) is 15.3. The maximum atomic E-state index is 12.6. The summed E-state index contributed by atoms with van der Waals surface area (Å²) in [4.78, 5) is 43.3. The molecule has 0 saturated heterocycles. The van der Waals surface area contributed by atoms with Crippen LogP contribution in [0.25, 0.3) is 10.9 Å². The maximum Gasteiger partial charge on any atom is 0.261 e. The molecule has 0 bridgehead atoms. The van der Waals surface area contributed by atoms with Crippen LogP contribution in [0.2, 0.25) is 0 Å². The lowest BCUT2D eigenvalue weighted by Gasteiger charge is -2.12. The van der Waals surface area contributed by atoms with Gasteiger partial charge in [0.25, 0.3) is 11.5 Å². The van der Waals surface area contributed by atoms with Crippen LogP contribution in [0, 0.1) is 6.92 Å². The van der Waals surface area contributed by atoms with E-state index in [1.54, 1.807) is 24.4 Å². The van der Waals surface area contributed by atoms with Gasteiger partial charge in [0.1, 0.15) is 11.1 Å². The summed E-state index contributed by atoms with van der Waals surface area (Å²) < 4.78 is 1.97. The van der Waals surface area contributed by atoms with E-state index in [1.807, 2.05) is 11.5 Å². The molecule has 25 heavy (non-hydrogen) atoms. The number of carbonyl (C=O) groups excluding carboxylic acids is 1. The van der Waals surface area contributed by atoms with E-state index < -0.39 is 5.91 Å². The van der Waals surface area contributed by atoms with Crippen molar-refractivity contribution in [1.29, 1.82) is 0 Å². The van der Waals surface area contributed by atoms with E-state index in [-0.39, 0.29) is 16.6 Å². The molecule has 0 unspecified atom stereocenters. The molecule has 2 aromatic heterocycles. The van der Waals surface area contributed by atoms with Crippen molar-refractivity contribution in [1.82, 2.24) is 14.5 Å². The zero-order chi connectivity index (χ0) is 17.6. The highest BCUT2D eigenvalue weighted by Gasteiger charge is 2.25. The number of hydrogen-bond acceptors (Lipinski definition) is 4. The fourth-order valence-electron chi connectivity index (χ4n) is 2.95. The number of anilines is 1. The molecule has 1 amide bonds. The quantitative estimate of drug-likeness (QED) is 0.764. The molecule has 1 aliphatic carbocycles. The second-order valence-corrected chi connectivity index (χ2v) is 6.22. The Balaban J connectivity index is 1.74. The number of para-hydroxylation sites is 1. The molecule has 0 spiro atoms. The molecule has 7 heteroatoms. The maximum absolute atomic E-state index is 12.6. The molecule has 1 fully saturated rings. The smallest absolute Gasteiger partial charge is 0.261 e. The molecule has 1 saturated carbocycles. The molecule has 2 N–H and O–H groups in total. The van der Waals surface area contributed by atoms with Gasteiger partial charge in [-0.05, 0) is 31.9 Å². The highest BCUT2D eigenvalue weighted by molar-refractivity contribution is 6.08. The van der Waals surface area contributed by atoms with Crippen LogP contribution >= 0.6 is 0 Å². The van der Waals surface area contributed by atoms with Gasteiger partial charge < -0.3 is 14.9 Å². The molecule has 2 heterocycles. The van der Waals surface area contributed by atoms with Crippen molar-refractivity contribution in [2.45, 2.75) is 25.8 Å². The first-order valence-corrected chi connectivity index (χ1v) is 8.05. The Labute approximate surface area is 142 Å². The van der Waals surface area contributed by atoms with E-state index in [0.717, 1.165) is 18.5 Å². The highest BCUT2D eigenvalue weighted by Crippen LogP contribution is 2.35.